The van der Waals surface area contributed by atoms with Crippen LogP contribution in [0.5, 0.6) is 5.75 Å². The number of nitrogens with zero attached hydrogens (tertiary/aromatic N) is 2. The van der Waals surface area contributed by atoms with Crippen LogP contribution in [0, 0.1) is 0 Å². The van der Waals surface area contributed by atoms with Crippen molar-refractivity contribution in [3.63, 3.8) is 0 Å². The molecule has 0 radical (unpaired) electrons. The molecular formula is C24H26Cl2N2O2. The van der Waals surface area contributed by atoms with Gasteiger partial charge in [-0.05, 0) is 50.9 Å². The third-order valence-corrected chi connectivity index (χ3v) is 6.38. The summed E-state index contributed by atoms with van der Waals surface area (Å²) in [5.41, 5.74) is 1.70. The van der Waals surface area contributed by atoms with E-state index < -0.39 is 0 Å². The first-order valence-corrected chi connectivity index (χ1v) is 11.2. The number of hydrogen-bond donors (Lipinski definition) is 0. The van der Waals surface area contributed by atoms with Crippen LogP contribution in [0.25, 0.3) is 10.9 Å². The molecule has 0 N–H and O–H groups in total. The van der Waals surface area contributed by atoms with Gasteiger partial charge in [0.25, 0.3) is 0 Å². The summed E-state index contributed by atoms with van der Waals surface area (Å²) < 4.78 is 8.21. The van der Waals surface area contributed by atoms with Gasteiger partial charge in [-0.3, -0.25) is 4.79 Å². The maximum atomic E-state index is 12.0. The number of para-hydroxylation sites is 2. The molecule has 4 rings (SSSR count). The van der Waals surface area contributed by atoms with Gasteiger partial charge in [0, 0.05) is 36.8 Å². The van der Waals surface area contributed by atoms with Crippen molar-refractivity contribution < 1.29 is 9.53 Å². The van der Waals surface area contributed by atoms with Crippen molar-refractivity contribution in [1.82, 2.24) is 9.47 Å². The Morgan fingerprint density at radius 1 is 1.03 bits per heavy atom. The zero-order valence-electron chi connectivity index (χ0n) is 17.1. The summed E-state index contributed by atoms with van der Waals surface area (Å²) in [5.74, 6) is 0.844. The van der Waals surface area contributed by atoms with Crippen LogP contribution in [0.15, 0.2) is 48.7 Å². The van der Waals surface area contributed by atoms with Gasteiger partial charge in [0.15, 0.2) is 5.78 Å². The number of aromatic nitrogens is 1. The van der Waals surface area contributed by atoms with Crippen molar-refractivity contribution in [1.29, 1.82) is 0 Å². The SMILES string of the molecule is CC(=O)c1cn(CCCN2CCC(Oc3ccccc3Cl)CC2)c2c(Cl)cccc12. The molecule has 1 aliphatic rings. The topological polar surface area (TPSA) is 34.5 Å². The quantitative estimate of drug-likeness (QED) is 0.413. The van der Waals surface area contributed by atoms with Gasteiger partial charge in [-0.1, -0.05) is 47.5 Å². The summed E-state index contributed by atoms with van der Waals surface area (Å²) in [6, 6.07) is 13.4. The average molecular weight is 445 g/mol. The van der Waals surface area contributed by atoms with E-state index in [1.165, 1.54) is 0 Å². The number of rotatable bonds is 7. The maximum Gasteiger partial charge on any atom is 0.161 e. The summed E-state index contributed by atoms with van der Waals surface area (Å²) in [6.45, 7) is 5.48. The fourth-order valence-corrected chi connectivity index (χ4v) is 4.67. The Morgan fingerprint density at radius 2 is 1.77 bits per heavy atom. The monoisotopic (exact) mass is 444 g/mol. The molecule has 3 aromatic rings. The van der Waals surface area contributed by atoms with Gasteiger partial charge in [0.2, 0.25) is 0 Å². The van der Waals surface area contributed by atoms with Crippen LogP contribution in [0.3, 0.4) is 0 Å². The first-order valence-electron chi connectivity index (χ1n) is 10.4. The Bertz CT molecular complexity index is 1040. The van der Waals surface area contributed by atoms with E-state index in [2.05, 4.69) is 9.47 Å². The predicted molar refractivity (Wildman–Crippen MR) is 123 cm³/mol. The molecule has 4 nitrogen and oxygen atoms in total. The van der Waals surface area contributed by atoms with Gasteiger partial charge >= 0.3 is 0 Å². The molecule has 2 heterocycles. The van der Waals surface area contributed by atoms with Crippen LogP contribution < -0.4 is 4.74 Å². The minimum Gasteiger partial charge on any atom is -0.489 e. The predicted octanol–water partition coefficient (Wildman–Crippen LogP) is 6.08. The van der Waals surface area contributed by atoms with Gasteiger partial charge in [-0.25, -0.2) is 0 Å². The van der Waals surface area contributed by atoms with E-state index in [1.807, 2.05) is 48.7 Å². The number of fused-ring (bicyclic) bond motifs is 1. The third kappa shape index (κ3) is 4.66. The Kier molecular flexibility index (Phi) is 6.67. The fourth-order valence-electron chi connectivity index (χ4n) is 4.21. The largest absolute Gasteiger partial charge is 0.489 e. The number of hydrogen-bond acceptors (Lipinski definition) is 3. The second kappa shape index (κ2) is 9.42. The van der Waals surface area contributed by atoms with E-state index in [1.54, 1.807) is 6.92 Å². The molecule has 0 amide bonds. The van der Waals surface area contributed by atoms with Crippen molar-refractivity contribution in [2.75, 3.05) is 19.6 Å². The van der Waals surface area contributed by atoms with E-state index in [0.29, 0.717) is 10.0 Å². The Hall–Kier alpha value is -2.01. The Morgan fingerprint density at radius 3 is 2.50 bits per heavy atom. The molecule has 0 aliphatic carbocycles. The molecule has 0 atom stereocenters. The van der Waals surface area contributed by atoms with E-state index >= 15 is 0 Å². The smallest absolute Gasteiger partial charge is 0.161 e. The van der Waals surface area contributed by atoms with Crippen LogP contribution in [-0.2, 0) is 6.54 Å². The molecule has 0 unspecified atom stereocenters. The standard InChI is InChI=1S/C24H26Cl2N2O2/c1-17(29)20-16-28(24-19(20)6-4-8-22(24)26)13-5-12-27-14-10-18(11-15-27)30-23-9-3-2-7-21(23)25/h2-4,6-9,16,18H,5,10-15H2,1H3. The van der Waals surface area contributed by atoms with Gasteiger partial charge in [-0.2, -0.15) is 0 Å². The van der Waals surface area contributed by atoms with Crippen LogP contribution in [0.2, 0.25) is 10.0 Å². The summed E-state index contributed by atoms with van der Waals surface area (Å²) in [7, 11) is 0. The van der Waals surface area contributed by atoms with Gasteiger partial charge < -0.3 is 14.2 Å². The number of likely N-dealkylation sites (tertiary alicyclic amines) is 1. The molecule has 1 aliphatic heterocycles. The van der Waals surface area contributed by atoms with E-state index in [4.69, 9.17) is 27.9 Å². The molecule has 2 aromatic carbocycles. The minimum absolute atomic E-state index is 0.0709. The Labute approximate surface area is 187 Å². The minimum atomic E-state index is 0.0709. The molecule has 0 bridgehead atoms. The number of benzene rings is 2. The average Bonchev–Trinajstić information content (AvgIpc) is 3.11. The number of ketones is 1. The first-order chi connectivity index (χ1) is 14.5. The van der Waals surface area contributed by atoms with E-state index in [-0.39, 0.29) is 11.9 Å². The highest BCUT2D eigenvalue weighted by Crippen LogP contribution is 2.29. The second-order valence-corrected chi connectivity index (χ2v) is 8.69. The zero-order chi connectivity index (χ0) is 21.1. The van der Waals surface area contributed by atoms with Crippen molar-refractivity contribution in [2.24, 2.45) is 0 Å². The second-order valence-electron chi connectivity index (χ2n) is 7.87. The van der Waals surface area contributed by atoms with Crippen molar-refractivity contribution >= 4 is 39.9 Å². The number of piperidine rings is 1. The molecule has 6 heteroatoms. The van der Waals surface area contributed by atoms with Crippen molar-refractivity contribution in [2.45, 2.75) is 38.8 Å². The number of halogens is 2. The van der Waals surface area contributed by atoms with Crippen LogP contribution in [0.1, 0.15) is 36.5 Å². The van der Waals surface area contributed by atoms with Crippen LogP contribution >= 0.6 is 23.2 Å². The molecule has 0 saturated carbocycles. The lowest BCUT2D eigenvalue weighted by Gasteiger charge is -2.32. The van der Waals surface area contributed by atoms with Gasteiger partial charge in [0.05, 0.1) is 15.6 Å². The van der Waals surface area contributed by atoms with Gasteiger partial charge in [0.1, 0.15) is 11.9 Å². The summed E-state index contributed by atoms with van der Waals surface area (Å²) in [6.07, 6.45) is 5.16. The lowest BCUT2D eigenvalue weighted by Crippen LogP contribution is -2.39. The zero-order valence-corrected chi connectivity index (χ0v) is 18.6. The molecule has 30 heavy (non-hydrogen) atoms. The van der Waals surface area contributed by atoms with Crippen molar-refractivity contribution in [3.05, 3.63) is 64.3 Å². The van der Waals surface area contributed by atoms with Crippen LogP contribution in [0.4, 0.5) is 0 Å². The summed E-state index contributed by atoms with van der Waals surface area (Å²) in [5, 5.41) is 2.30. The molecule has 1 saturated heterocycles. The van der Waals surface area contributed by atoms with Crippen molar-refractivity contribution in [3.8, 4) is 5.75 Å². The van der Waals surface area contributed by atoms with E-state index in [0.717, 1.165) is 67.7 Å². The highest BCUT2D eigenvalue weighted by Gasteiger charge is 2.21. The lowest BCUT2D eigenvalue weighted by atomic mass is 10.1. The number of carbonyl (C=O) groups excluding carboxylic acids is 1. The third-order valence-electron chi connectivity index (χ3n) is 5.77. The van der Waals surface area contributed by atoms with Gasteiger partial charge in [-0.15, -0.1) is 0 Å². The number of ether oxygens (including phenoxy) is 1. The molecule has 1 aromatic heterocycles. The summed E-state index contributed by atoms with van der Waals surface area (Å²) >= 11 is 12.6. The van der Waals surface area contributed by atoms with Crippen LogP contribution in [-0.4, -0.2) is 41.0 Å². The number of aryl methyl sites for hydroxylation is 1. The number of carbonyl (C=O) groups is 1. The highest BCUT2D eigenvalue weighted by atomic mass is 35.5. The molecule has 1 fully saturated rings. The maximum absolute atomic E-state index is 12.0. The highest BCUT2D eigenvalue weighted by molar-refractivity contribution is 6.35. The Balaban J connectivity index is 1.31. The lowest BCUT2D eigenvalue weighted by molar-refractivity contribution is 0.0994. The first kappa shape index (κ1) is 21.2. The molecule has 0 spiro atoms. The number of Topliss-reactive ketones (excluding diaryl/α,β-unsaturated/α-hetero) is 1. The molecular weight excluding hydrogens is 419 g/mol. The summed E-state index contributed by atoms with van der Waals surface area (Å²) in [4.78, 5) is 14.5. The van der Waals surface area contributed by atoms with E-state index in [9.17, 15) is 4.79 Å². The molecule has 158 valence electrons. The fraction of sp³-hybridized carbons (Fsp3) is 0.375. The normalized spacial score (nSPS) is 15.6.